The molecule has 0 bridgehead atoms. The molecule has 0 aliphatic carbocycles. The van der Waals surface area contributed by atoms with E-state index in [4.69, 9.17) is 0 Å². The minimum Gasteiger partial charge on any atom is -0.312 e. The summed E-state index contributed by atoms with van der Waals surface area (Å²) in [6.45, 7) is 1.98. The minimum atomic E-state index is 0.909. The van der Waals surface area contributed by atoms with Crippen molar-refractivity contribution in [2.45, 2.75) is 13.0 Å². The Bertz CT molecular complexity index is 456. The number of nitrogens with zero attached hydrogens (tertiary/aromatic N) is 2. The van der Waals surface area contributed by atoms with E-state index in [1.807, 2.05) is 36.3 Å². The Labute approximate surface area is 116 Å². The van der Waals surface area contributed by atoms with E-state index in [0.717, 1.165) is 23.7 Å². The third-order valence-electron chi connectivity index (χ3n) is 2.46. The molecular formula is C13H17N3S2. The fraction of sp³-hybridized carbons (Fsp3) is 0.385. The summed E-state index contributed by atoms with van der Waals surface area (Å²) in [5.74, 6) is 1.22. The van der Waals surface area contributed by atoms with Crippen LogP contribution in [0.5, 0.6) is 0 Å². The zero-order valence-electron chi connectivity index (χ0n) is 10.4. The molecule has 3 nitrogen and oxygen atoms in total. The van der Waals surface area contributed by atoms with E-state index in [2.05, 4.69) is 21.5 Å². The number of hydrogen-bond donors (Lipinski definition) is 1. The Balaban J connectivity index is 1.83. The summed E-state index contributed by atoms with van der Waals surface area (Å²) in [5.41, 5.74) is 1.09. The van der Waals surface area contributed by atoms with Crippen LogP contribution in [0.3, 0.4) is 0 Å². The highest BCUT2D eigenvalue weighted by Gasteiger charge is 2.03. The van der Waals surface area contributed by atoms with Crippen molar-refractivity contribution in [3.05, 3.63) is 35.6 Å². The first-order valence-corrected chi connectivity index (χ1v) is 8.16. The molecule has 5 heteroatoms. The molecule has 0 unspecified atom stereocenters. The van der Waals surface area contributed by atoms with Gasteiger partial charge in [0.2, 0.25) is 0 Å². The molecule has 2 heterocycles. The number of rotatable bonds is 7. The highest BCUT2D eigenvalue weighted by atomic mass is 32.2. The van der Waals surface area contributed by atoms with Gasteiger partial charge < -0.3 is 5.32 Å². The molecular weight excluding hydrogens is 262 g/mol. The van der Waals surface area contributed by atoms with Crippen molar-refractivity contribution in [3.8, 4) is 10.6 Å². The van der Waals surface area contributed by atoms with Gasteiger partial charge >= 0.3 is 0 Å². The zero-order chi connectivity index (χ0) is 12.6. The molecule has 0 aromatic carbocycles. The average Bonchev–Trinajstić information content (AvgIpc) is 2.88. The molecule has 0 aliphatic heterocycles. The lowest BCUT2D eigenvalue weighted by molar-refractivity contribution is 0.684. The number of nitrogens with one attached hydrogen (secondary N) is 1. The van der Waals surface area contributed by atoms with Crippen LogP contribution in [0.2, 0.25) is 0 Å². The molecule has 2 aromatic heterocycles. The third-order valence-corrected chi connectivity index (χ3v) is 4.21. The number of pyridine rings is 1. The Morgan fingerprint density at radius 1 is 1.39 bits per heavy atom. The maximum Gasteiger partial charge on any atom is 0.125 e. The fourth-order valence-electron chi connectivity index (χ4n) is 1.57. The summed E-state index contributed by atoms with van der Waals surface area (Å²) < 4.78 is 0. The van der Waals surface area contributed by atoms with Gasteiger partial charge in [-0.3, -0.25) is 4.98 Å². The molecule has 0 saturated carbocycles. The van der Waals surface area contributed by atoms with Gasteiger partial charge in [0.15, 0.2) is 0 Å². The second-order valence-electron chi connectivity index (χ2n) is 3.90. The number of thiazole rings is 1. The summed E-state index contributed by atoms with van der Waals surface area (Å²) in [5, 5.41) is 4.49. The van der Waals surface area contributed by atoms with E-state index in [9.17, 15) is 0 Å². The van der Waals surface area contributed by atoms with Gasteiger partial charge in [0.25, 0.3) is 0 Å². The molecule has 0 aliphatic rings. The van der Waals surface area contributed by atoms with Gasteiger partial charge in [0.05, 0.1) is 0 Å². The molecule has 0 spiro atoms. The number of aromatic nitrogens is 2. The van der Waals surface area contributed by atoms with E-state index in [0.29, 0.717) is 0 Å². The van der Waals surface area contributed by atoms with Crippen LogP contribution >= 0.6 is 23.1 Å². The van der Waals surface area contributed by atoms with Crippen molar-refractivity contribution in [2.24, 2.45) is 0 Å². The topological polar surface area (TPSA) is 37.8 Å². The van der Waals surface area contributed by atoms with Crippen molar-refractivity contribution in [3.63, 3.8) is 0 Å². The highest BCUT2D eigenvalue weighted by molar-refractivity contribution is 7.98. The Hall–Kier alpha value is -0.910. The highest BCUT2D eigenvalue weighted by Crippen LogP contribution is 2.23. The van der Waals surface area contributed by atoms with Crippen LogP contribution in [0.15, 0.2) is 30.7 Å². The smallest absolute Gasteiger partial charge is 0.125 e. The van der Waals surface area contributed by atoms with Crippen molar-refractivity contribution >= 4 is 23.1 Å². The maximum absolute atomic E-state index is 4.44. The van der Waals surface area contributed by atoms with Crippen LogP contribution < -0.4 is 5.32 Å². The lowest BCUT2D eigenvalue weighted by Crippen LogP contribution is -2.14. The molecule has 18 heavy (non-hydrogen) atoms. The largest absolute Gasteiger partial charge is 0.312 e. The van der Waals surface area contributed by atoms with E-state index >= 15 is 0 Å². The molecule has 0 atom stereocenters. The van der Waals surface area contributed by atoms with Crippen molar-refractivity contribution in [1.82, 2.24) is 15.3 Å². The van der Waals surface area contributed by atoms with Crippen LogP contribution in [-0.2, 0) is 6.54 Å². The number of hydrogen-bond acceptors (Lipinski definition) is 5. The maximum atomic E-state index is 4.44. The van der Waals surface area contributed by atoms with Crippen LogP contribution in [0.25, 0.3) is 10.6 Å². The third kappa shape index (κ3) is 4.08. The van der Waals surface area contributed by atoms with Crippen molar-refractivity contribution < 1.29 is 0 Å². The average molecular weight is 279 g/mol. The predicted octanol–water partition coefficient (Wildman–Crippen LogP) is 3.05. The minimum absolute atomic E-state index is 0.909. The molecule has 96 valence electrons. The Kier molecular flexibility index (Phi) is 5.64. The van der Waals surface area contributed by atoms with Gasteiger partial charge in [0.1, 0.15) is 5.01 Å². The normalized spacial score (nSPS) is 10.7. The summed E-state index contributed by atoms with van der Waals surface area (Å²) in [6, 6.07) is 3.98. The molecule has 2 rings (SSSR count). The second kappa shape index (κ2) is 7.51. The summed E-state index contributed by atoms with van der Waals surface area (Å²) in [6.07, 6.45) is 8.95. The van der Waals surface area contributed by atoms with Gasteiger partial charge in [-0.05, 0) is 37.1 Å². The SMILES string of the molecule is CSCCCNCc1cnc(-c2cccnc2)s1. The van der Waals surface area contributed by atoms with Crippen molar-refractivity contribution in [2.75, 3.05) is 18.6 Å². The first-order valence-electron chi connectivity index (χ1n) is 5.95. The summed E-state index contributed by atoms with van der Waals surface area (Å²) in [7, 11) is 0. The van der Waals surface area contributed by atoms with Crippen LogP contribution in [0.1, 0.15) is 11.3 Å². The van der Waals surface area contributed by atoms with Gasteiger partial charge in [-0.25, -0.2) is 4.98 Å². The van der Waals surface area contributed by atoms with Gasteiger partial charge in [-0.1, -0.05) is 0 Å². The number of thioether (sulfide) groups is 1. The van der Waals surface area contributed by atoms with Crippen molar-refractivity contribution in [1.29, 1.82) is 0 Å². The monoisotopic (exact) mass is 279 g/mol. The van der Waals surface area contributed by atoms with E-state index < -0.39 is 0 Å². The molecule has 0 radical (unpaired) electrons. The van der Waals surface area contributed by atoms with E-state index in [-0.39, 0.29) is 0 Å². The quantitative estimate of drug-likeness (QED) is 0.791. The van der Waals surface area contributed by atoms with Gasteiger partial charge in [-0.2, -0.15) is 11.8 Å². The molecule has 0 saturated heterocycles. The zero-order valence-corrected chi connectivity index (χ0v) is 12.1. The second-order valence-corrected chi connectivity index (χ2v) is 6.00. The Morgan fingerprint density at radius 3 is 3.11 bits per heavy atom. The lowest BCUT2D eigenvalue weighted by atomic mass is 10.3. The summed E-state index contributed by atoms with van der Waals surface area (Å²) in [4.78, 5) is 9.83. The van der Waals surface area contributed by atoms with E-state index in [1.165, 1.54) is 17.1 Å². The first-order chi connectivity index (χ1) is 8.90. The standard InChI is InChI=1S/C13H17N3S2/c1-17-7-3-6-15-9-12-10-16-13(18-12)11-4-2-5-14-8-11/h2,4-5,8,10,15H,3,6-7,9H2,1H3. The van der Waals surface area contributed by atoms with Crippen LogP contribution in [0.4, 0.5) is 0 Å². The fourth-order valence-corrected chi connectivity index (χ4v) is 2.87. The van der Waals surface area contributed by atoms with Gasteiger partial charge in [-0.15, -0.1) is 11.3 Å². The molecule has 0 amide bonds. The molecule has 2 aromatic rings. The summed E-state index contributed by atoms with van der Waals surface area (Å²) >= 11 is 3.62. The van der Waals surface area contributed by atoms with Crippen LogP contribution in [0, 0.1) is 0 Å². The molecule has 0 fully saturated rings. The van der Waals surface area contributed by atoms with Gasteiger partial charge in [0, 0.05) is 35.6 Å². The van der Waals surface area contributed by atoms with Crippen LogP contribution in [-0.4, -0.2) is 28.5 Å². The lowest BCUT2D eigenvalue weighted by Gasteiger charge is -2.00. The Morgan fingerprint density at radius 2 is 2.33 bits per heavy atom. The first kappa shape index (κ1) is 13.5. The van der Waals surface area contributed by atoms with E-state index in [1.54, 1.807) is 17.5 Å². The molecule has 1 N–H and O–H groups in total. The predicted molar refractivity (Wildman–Crippen MR) is 80.1 cm³/mol.